The summed E-state index contributed by atoms with van der Waals surface area (Å²) in [6.45, 7) is 3.83. The molecule has 1 aromatic rings. The van der Waals surface area contributed by atoms with Crippen molar-refractivity contribution in [2.24, 2.45) is 0 Å². The first-order valence-electron chi connectivity index (χ1n) is 5.23. The number of anilines is 1. The molecular formula is C12H17NO2. The van der Waals surface area contributed by atoms with Crippen molar-refractivity contribution in [1.29, 1.82) is 0 Å². The molecule has 0 saturated heterocycles. The monoisotopic (exact) mass is 207 g/mol. The number of aryl methyl sites for hydroxylation is 1. The van der Waals surface area contributed by atoms with Crippen LogP contribution >= 0.6 is 0 Å². The van der Waals surface area contributed by atoms with Crippen LogP contribution in [0.5, 0.6) is 5.75 Å². The molecule has 0 aliphatic rings. The molecule has 3 nitrogen and oxygen atoms in total. The Balaban J connectivity index is 3.05. The van der Waals surface area contributed by atoms with Crippen molar-refractivity contribution < 1.29 is 9.53 Å². The number of carbonyl (C=O) groups is 1. The van der Waals surface area contributed by atoms with Crippen LogP contribution in [0.15, 0.2) is 18.2 Å². The van der Waals surface area contributed by atoms with Gasteiger partial charge in [0.1, 0.15) is 0 Å². The van der Waals surface area contributed by atoms with Gasteiger partial charge in [0, 0.05) is 13.5 Å². The summed E-state index contributed by atoms with van der Waals surface area (Å²) in [5.41, 5.74) is 1.90. The standard InChI is InChI=1S/C12H17NO2/c1-4-9-7-6-8-10(13-3)12(9)15-11(14)5-2/h6-8,13H,4-5H2,1-3H3. The Morgan fingerprint density at radius 1 is 1.40 bits per heavy atom. The number of carbonyl (C=O) groups excluding carboxylic acids is 1. The minimum atomic E-state index is -0.201. The van der Waals surface area contributed by atoms with E-state index in [2.05, 4.69) is 5.32 Å². The minimum Gasteiger partial charge on any atom is -0.424 e. The Labute approximate surface area is 90.4 Å². The molecule has 0 bridgehead atoms. The third kappa shape index (κ3) is 2.72. The van der Waals surface area contributed by atoms with Crippen LogP contribution in [0.3, 0.4) is 0 Å². The van der Waals surface area contributed by atoms with Gasteiger partial charge in [0.25, 0.3) is 0 Å². The van der Waals surface area contributed by atoms with Gasteiger partial charge in [-0.15, -0.1) is 0 Å². The highest BCUT2D eigenvalue weighted by molar-refractivity contribution is 5.75. The Morgan fingerprint density at radius 2 is 2.13 bits per heavy atom. The summed E-state index contributed by atoms with van der Waals surface area (Å²) < 4.78 is 5.31. The first kappa shape index (κ1) is 11.6. The summed E-state index contributed by atoms with van der Waals surface area (Å²) >= 11 is 0. The number of benzene rings is 1. The highest BCUT2D eigenvalue weighted by Gasteiger charge is 2.10. The predicted octanol–water partition coefficient (Wildman–Crippen LogP) is 2.61. The Kier molecular flexibility index (Phi) is 4.16. The molecule has 0 fully saturated rings. The van der Waals surface area contributed by atoms with E-state index >= 15 is 0 Å². The molecule has 0 unspecified atom stereocenters. The average molecular weight is 207 g/mol. The van der Waals surface area contributed by atoms with Gasteiger partial charge in [-0.1, -0.05) is 26.0 Å². The van der Waals surface area contributed by atoms with Gasteiger partial charge >= 0.3 is 5.97 Å². The largest absolute Gasteiger partial charge is 0.424 e. The molecule has 0 amide bonds. The summed E-state index contributed by atoms with van der Waals surface area (Å²) in [5, 5.41) is 3.02. The molecular weight excluding hydrogens is 190 g/mol. The van der Waals surface area contributed by atoms with Crippen LogP contribution in [-0.4, -0.2) is 13.0 Å². The fraction of sp³-hybridized carbons (Fsp3) is 0.417. The van der Waals surface area contributed by atoms with Crippen LogP contribution in [-0.2, 0) is 11.2 Å². The third-order valence-corrected chi connectivity index (χ3v) is 2.25. The van der Waals surface area contributed by atoms with E-state index in [0.29, 0.717) is 12.2 Å². The number of para-hydroxylation sites is 1. The minimum absolute atomic E-state index is 0.201. The zero-order valence-corrected chi connectivity index (χ0v) is 9.46. The second-order valence-corrected chi connectivity index (χ2v) is 3.22. The SMILES string of the molecule is CCC(=O)Oc1c(CC)cccc1NC. The second kappa shape index (κ2) is 5.39. The fourth-order valence-corrected chi connectivity index (χ4v) is 1.37. The molecule has 1 aromatic carbocycles. The van der Waals surface area contributed by atoms with Crippen LogP contribution < -0.4 is 10.1 Å². The number of hydrogen-bond acceptors (Lipinski definition) is 3. The first-order chi connectivity index (χ1) is 7.22. The van der Waals surface area contributed by atoms with E-state index in [1.807, 2.05) is 32.2 Å². The third-order valence-electron chi connectivity index (χ3n) is 2.25. The van der Waals surface area contributed by atoms with Gasteiger partial charge in [0.15, 0.2) is 5.75 Å². The molecule has 0 aliphatic heterocycles. The number of esters is 1. The van der Waals surface area contributed by atoms with Gasteiger partial charge in [0.2, 0.25) is 0 Å². The number of rotatable bonds is 4. The Morgan fingerprint density at radius 3 is 2.67 bits per heavy atom. The van der Waals surface area contributed by atoms with Crippen molar-refractivity contribution in [2.75, 3.05) is 12.4 Å². The molecule has 82 valence electrons. The molecule has 0 atom stereocenters. The maximum absolute atomic E-state index is 11.3. The number of hydrogen-bond donors (Lipinski definition) is 1. The van der Waals surface area contributed by atoms with E-state index in [-0.39, 0.29) is 5.97 Å². The lowest BCUT2D eigenvalue weighted by molar-refractivity contribution is -0.134. The number of ether oxygens (including phenoxy) is 1. The molecule has 15 heavy (non-hydrogen) atoms. The summed E-state index contributed by atoms with van der Waals surface area (Å²) in [5.74, 6) is 0.460. The summed E-state index contributed by atoms with van der Waals surface area (Å²) in [6.07, 6.45) is 1.24. The van der Waals surface area contributed by atoms with E-state index in [4.69, 9.17) is 4.74 Å². The van der Waals surface area contributed by atoms with Gasteiger partial charge in [-0.3, -0.25) is 4.79 Å². The first-order valence-corrected chi connectivity index (χ1v) is 5.23. The predicted molar refractivity (Wildman–Crippen MR) is 61.3 cm³/mol. The van der Waals surface area contributed by atoms with E-state index in [1.54, 1.807) is 6.92 Å². The van der Waals surface area contributed by atoms with Gasteiger partial charge in [-0.05, 0) is 18.1 Å². The normalized spacial score (nSPS) is 9.80. The summed E-state index contributed by atoms with van der Waals surface area (Å²) in [4.78, 5) is 11.3. The van der Waals surface area contributed by atoms with Crippen LogP contribution in [0.1, 0.15) is 25.8 Å². The highest BCUT2D eigenvalue weighted by Crippen LogP contribution is 2.29. The van der Waals surface area contributed by atoms with Crippen molar-refractivity contribution in [2.45, 2.75) is 26.7 Å². The quantitative estimate of drug-likeness (QED) is 0.609. The topological polar surface area (TPSA) is 38.3 Å². The second-order valence-electron chi connectivity index (χ2n) is 3.22. The van der Waals surface area contributed by atoms with Crippen LogP contribution in [0.2, 0.25) is 0 Å². The van der Waals surface area contributed by atoms with Gasteiger partial charge in [-0.25, -0.2) is 0 Å². The molecule has 0 aromatic heterocycles. The highest BCUT2D eigenvalue weighted by atomic mass is 16.5. The smallest absolute Gasteiger partial charge is 0.310 e. The van der Waals surface area contributed by atoms with Crippen LogP contribution in [0.25, 0.3) is 0 Å². The van der Waals surface area contributed by atoms with E-state index in [0.717, 1.165) is 17.7 Å². The van der Waals surface area contributed by atoms with Gasteiger partial charge < -0.3 is 10.1 Å². The van der Waals surface area contributed by atoms with E-state index in [1.165, 1.54) is 0 Å². The van der Waals surface area contributed by atoms with Crippen molar-refractivity contribution in [3.63, 3.8) is 0 Å². The Bertz CT molecular complexity index is 325. The average Bonchev–Trinajstić information content (AvgIpc) is 2.29. The fourth-order valence-electron chi connectivity index (χ4n) is 1.37. The molecule has 3 heteroatoms. The zero-order valence-electron chi connectivity index (χ0n) is 9.46. The van der Waals surface area contributed by atoms with Gasteiger partial charge in [-0.2, -0.15) is 0 Å². The van der Waals surface area contributed by atoms with Crippen LogP contribution in [0, 0.1) is 0 Å². The molecule has 0 saturated carbocycles. The summed E-state index contributed by atoms with van der Waals surface area (Å²) in [6, 6.07) is 5.82. The van der Waals surface area contributed by atoms with Crippen molar-refractivity contribution >= 4 is 11.7 Å². The number of nitrogens with one attached hydrogen (secondary N) is 1. The lowest BCUT2D eigenvalue weighted by Crippen LogP contribution is -2.09. The molecule has 1 rings (SSSR count). The lowest BCUT2D eigenvalue weighted by atomic mass is 10.1. The summed E-state index contributed by atoms with van der Waals surface area (Å²) in [7, 11) is 1.82. The van der Waals surface area contributed by atoms with E-state index in [9.17, 15) is 4.79 Å². The molecule has 0 aliphatic carbocycles. The van der Waals surface area contributed by atoms with Crippen molar-refractivity contribution in [3.8, 4) is 5.75 Å². The zero-order chi connectivity index (χ0) is 11.3. The molecule has 0 heterocycles. The van der Waals surface area contributed by atoms with Crippen molar-refractivity contribution in [3.05, 3.63) is 23.8 Å². The maximum Gasteiger partial charge on any atom is 0.310 e. The molecule has 1 N–H and O–H groups in total. The maximum atomic E-state index is 11.3. The lowest BCUT2D eigenvalue weighted by Gasteiger charge is -2.12. The Hall–Kier alpha value is -1.51. The van der Waals surface area contributed by atoms with Gasteiger partial charge in [0.05, 0.1) is 5.69 Å². The van der Waals surface area contributed by atoms with Crippen molar-refractivity contribution in [1.82, 2.24) is 0 Å². The van der Waals surface area contributed by atoms with E-state index < -0.39 is 0 Å². The molecule has 0 radical (unpaired) electrons. The molecule has 0 spiro atoms. The van der Waals surface area contributed by atoms with Crippen LogP contribution in [0.4, 0.5) is 5.69 Å².